The third-order valence-corrected chi connectivity index (χ3v) is 4.46. The molecule has 2 aromatic carbocycles. The molecule has 0 aromatic heterocycles. The standard InChI is InChI=1S/C24H26FNO3/c1-5-7-20(24(2,3)4)17-8-6-9-18(14-17)22(26-29)13-12-16-10-11-19(23(27)28)15-21(16)25/h6-15,29H,5H2,1-4H3,(H,27,28)/b13-12+,20-7?,26-22-. The molecular weight excluding hydrogens is 369 g/mol. The molecule has 2 rings (SSSR count). The fourth-order valence-corrected chi connectivity index (χ4v) is 3.06. The topological polar surface area (TPSA) is 69.9 Å². The summed E-state index contributed by atoms with van der Waals surface area (Å²) in [6.07, 6.45) is 6.04. The number of nitrogens with zero attached hydrogens (tertiary/aromatic N) is 1. The molecule has 0 unspecified atom stereocenters. The lowest BCUT2D eigenvalue weighted by Gasteiger charge is -2.24. The number of hydrogen-bond donors (Lipinski definition) is 2. The van der Waals surface area contributed by atoms with Crippen molar-refractivity contribution in [3.05, 3.63) is 82.7 Å². The Morgan fingerprint density at radius 2 is 1.79 bits per heavy atom. The van der Waals surface area contributed by atoms with Crippen LogP contribution in [-0.4, -0.2) is 22.0 Å². The van der Waals surface area contributed by atoms with Gasteiger partial charge in [0, 0.05) is 11.1 Å². The van der Waals surface area contributed by atoms with Gasteiger partial charge in [0.15, 0.2) is 0 Å². The van der Waals surface area contributed by atoms with Crippen molar-refractivity contribution in [2.75, 3.05) is 0 Å². The van der Waals surface area contributed by atoms with Crippen molar-refractivity contribution in [1.82, 2.24) is 0 Å². The Hall–Kier alpha value is -3.21. The molecule has 4 nitrogen and oxygen atoms in total. The average molecular weight is 395 g/mol. The second-order valence-corrected chi connectivity index (χ2v) is 7.72. The van der Waals surface area contributed by atoms with E-state index in [-0.39, 0.29) is 22.3 Å². The van der Waals surface area contributed by atoms with E-state index in [1.165, 1.54) is 29.9 Å². The molecule has 0 heterocycles. The molecule has 0 saturated carbocycles. The molecule has 29 heavy (non-hydrogen) atoms. The SMILES string of the molecule is CCC=C(c1cccc(C(/C=C/c2ccc(C(=O)O)cc2F)=N\O)c1)C(C)(C)C. The van der Waals surface area contributed by atoms with Crippen LogP contribution in [0.4, 0.5) is 4.39 Å². The summed E-state index contributed by atoms with van der Waals surface area (Å²) in [5, 5.41) is 21.8. The molecule has 0 amide bonds. The molecule has 0 aliphatic heterocycles. The smallest absolute Gasteiger partial charge is 0.335 e. The first-order valence-electron chi connectivity index (χ1n) is 9.41. The Kier molecular flexibility index (Phi) is 7.10. The summed E-state index contributed by atoms with van der Waals surface area (Å²) in [5.74, 6) is -1.85. The van der Waals surface area contributed by atoms with Crippen LogP contribution < -0.4 is 0 Å². The highest BCUT2D eigenvalue weighted by Gasteiger charge is 2.19. The van der Waals surface area contributed by atoms with E-state index < -0.39 is 11.8 Å². The monoisotopic (exact) mass is 395 g/mol. The van der Waals surface area contributed by atoms with Gasteiger partial charge in [-0.15, -0.1) is 0 Å². The summed E-state index contributed by atoms with van der Waals surface area (Å²) < 4.78 is 14.1. The zero-order valence-electron chi connectivity index (χ0n) is 17.1. The molecule has 2 aromatic rings. The van der Waals surface area contributed by atoms with Crippen molar-refractivity contribution >= 4 is 23.3 Å². The van der Waals surface area contributed by atoms with Gasteiger partial charge in [-0.3, -0.25) is 0 Å². The number of rotatable bonds is 6. The van der Waals surface area contributed by atoms with Gasteiger partial charge in [-0.2, -0.15) is 0 Å². The Morgan fingerprint density at radius 1 is 1.10 bits per heavy atom. The lowest BCUT2D eigenvalue weighted by atomic mass is 9.81. The maximum absolute atomic E-state index is 14.1. The number of benzene rings is 2. The van der Waals surface area contributed by atoms with E-state index in [4.69, 9.17) is 5.11 Å². The van der Waals surface area contributed by atoms with Crippen LogP contribution in [0.1, 0.15) is 61.2 Å². The van der Waals surface area contributed by atoms with Crippen molar-refractivity contribution in [2.24, 2.45) is 10.6 Å². The average Bonchev–Trinajstić information content (AvgIpc) is 2.66. The molecule has 0 atom stereocenters. The highest BCUT2D eigenvalue weighted by atomic mass is 19.1. The minimum absolute atomic E-state index is 0.0456. The second-order valence-electron chi connectivity index (χ2n) is 7.72. The summed E-state index contributed by atoms with van der Waals surface area (Å²) in [5.41, 5.74) is 3.22. The van der Waals surface area contributed by atoms with Gasteiger partial charge in [-0.1, -0.05) is 63.2 Å². The number of hydrogen-bond acceptors (Lipinski definition) is 3. The predicted molar refractivity (Wildman–Crippen MR) is 115 cm³/mol. The number of carbonyl (C=O) groups is 1. The summed E-state index contributed by atoms with van der Waals surface area (Å²) in [6.45, 7) is 8.52. The highest BCUT2D eigenvalue weighted by molar-refractivity contribution is 6.10. The van der Waals surface area contributed by atoms with Gasteiger partial charge in [-0.25, -0.2) is 9.18 Å². The first-order valence-corrected chi connectivity index (χ1v) is 9.41. The molecule has 0 spiro atoms. The number of aromatic carboxylic acids is 1. The Morgan fingerprint density at radius 3 is 2.34 bits per heavy atom. The third-order valence-electron chi connectivity index (χ3n) is 4.46. The van der Waals surface area contributed by atoms with Crippen molar-refractivity contribution in [3.8, 4) is 0 Å². The molecule has 0 aliphatic rings. The number of allylic oxidation sites excluding steroid dienone is 3. The summed E-state index contributed by atoms with van der Waals surface area (Å²) >= 11 is 0. The van der Waals surface area contributed by atoms with Crippen LogP contribution in [0.15, 0.2) is 59.8 Å². The van der Waals surface area contributed by atoms with Gasteiger partial charge in [0.1, 0.15) is 11.5 Å². The van der Waals surface area contributed by atoms with Crippen LogP contribution in [0.3, 0.4) is 0 Å². The Balaban J connectivity index is 2.37. The fourth-order valence-electron chi connectivity index (χ4n) is 3.06. The Labute approximate surface area is 170 Å². The van der Waals surface area contributed by atoms with E-state index in [0.717, 1.165) is 18.1 Å². The first-order chi connectivity index (χ1) is 13.7. The fraction of sp³-hybridized carbons (Fsp3) is 0.250. The summed E-state index contributed by atoms with van der Waals surface area (Å²) in [4.78, 5) is 10.9. The van der Waals surface area contributed by atoms with Crippen LogP contribution in [0.2, 0.25) is 0 Å². The predicted octanol–water partition coefficient (Wildman–Crippen LogP) is 6.26. The lowest BCUT2D eigenvalue weighted by molar-refractivity contribution is 0.0696. The number of oxime groups is 1. The Bertz CT molecular complexity index is 982. The van der Waals surface area contributed by atoms with Crippen molar-refractivity contribution in [3.63, 3.8) is 0 Å². The summed E-state index contributed by atoms with van der Waals surface area (Å²) in [6, 6.07) is 11.3. The number of carboxylic acid groups (broad SMARTS) is 1. The van der Waals surface area contributed by atoms with Gasteiger partial charge in [-0.05, 0) is 53.3 Å². The largest absolute Gasteiger partial charge is 0.478 e. The van der Waals surface area contributed by atoms with E-state index in [0.29, 0.717) is 5.56 Å². The van der Waals surface area contributed by atoms with Crippen LogP contribution in [0, 0.1) is 11.2 Å². The van der Waals surface area contributed by atoms with Gasteiger partial charge in [0.2, 0.25) is 0 Å². The molecule has 0 bridgehead atoms. The van der Waals surface area contributed by atoms with Crippen molar-refractivity contribution in [2.45, 2.75) is 34.1 Å². The molecule has 0 radical (unpaired) electrons. The van der Waals surface area contributed by atoms with Crippen molar-refractivity contribution in [1.29, 1.82) is 0 Å². The van der Waals surface area contributed by atoms with Gasteiger partial charge in [0.05, 0.1) is 5.56 Å². The van der Waals surface area contributed by atoms with Crippen LogP contribution >= 0.6 is 0 Å². The molecule has 5 heteroatoms. The normalized spacial score (nSPS) is 13.1. The number of carboxylic acids is 1. The van der Waals surface area contributed by atoms with Crippen molar-refractivity contribution < 1.29 is 19.5 Å². The number of halogens is 1. The minimum atomic E-state index is -1.19. The van der Waals surface area contributed by atoms with Gasteiger partial charge in [0.25, 0.3) is 0 Å². The maximum Gasteiger partial charge on any atom is 0.335 e. The molecular formula is C24H26FNO3. The summed E-state index contributed by atoms with van der Waals surface area (Å²) in [7, 11) is 0. The lowest BCUT2D eigenvalue weighted by Crippen LogP contribution is -2.09. The molecule has 2 N–H and O–H groups in total. The quantitative estimate of drug-likeness (QED) is 0.345. The second kappa shape index (κ2) is 9.32. The third kappa shape index (κ3) is 5.64. The molecule has 0 aliphatic carbocycles. The van der Waals surface area contributed by atoms with Gasteiger partial charge >= 0.3 is 5.97 Å². The minimum Gasteiger partial charge on any atom is -0.478 e. The zero-order valence-corrected chi connectivity index (χ0v) is 17.1. The molecule has 0 saturated heterocycles. The van der Waals surface area contributed by atoms with E-state index in [1.54, 1.807) is 0 Å². The van der Waals surface area contributed by atoms with Gasteiger partial charge < -0.3 is 10.3 Å². The van der Waals surface area contributed by atoms with Crippen LogP contribution in [0.5, 0.6) is 0 Å². The molecule has 0 fully saturated rings. The van der Waals surface area contributed by atoms with Crippen LogP contribution in [0.25, 0.3) is 11.6 Å². The van der Waals surface area contributed by atoms with E-state index >= 15 is 0 Å². The highest BCUT2D eigenvalue weighted by Crippen LogP contribution is 2.34. The zero-order chi connectivity index (χ0) is 21.6. The van der Waals surface area contributed by atoms with E-state index in [2.05, 4.69) is 38.9 Å². The maximum atomic E-state index is 14.1. The van der Waals surface area contributed by atoms with Crippen LogP contribution in [-0.2, 0) is 0 Å². The van der Waals surface area contributed by atoms with E-state index in [1.807, 2.05) is 24.3 Å². The van der Waals surface area contributed by atoms with E-state index in [9.17, 15) is 14.4 Å². The molecule has 152 valence electrons. The first kappa shape index (κ1) is 22.1.